The van der Waals surface area contributed by atoms with Crippen LogP contribution in [0.15, 0.2) is 81.7 Å². The number of allylic oxidation sites excluding steroid dienone is 1. The van der Waals surface area contributed by atoms with Gasteiger partial charge in [0.2, 0.25) is 0 Å². The van der Waals surface area contributed by atoms with Gasteiger partial charge < -0.3 is 18.8 Å². The van der Waals surface area contributed by atoms with Crippen molar-refractivity contribution in [3.05, 3.63) is 125 Å². The largest absolute Gasteiger partial charge is 0.496 e. The predicted molar refractivity (Wildman–Crippen MR) is 191 cm³/mol. The van der Waals surface area contributed by atoms with Crippen molar-refractivity contribution < 1.29 is 23.8 Å². The normalized spacial score (nSPS) is 14.5. The highest BCUT2D eigenvalue weighted by atomic mass is 32.1. The van der Waals surface area contributed by atoms with Gasteiger partial charge in [0.05, 0.1) is 42.2 Å². The van der Waals surface area contributed by atoms with Crippen molar-refractivity contribution in [3.8, 4) is 11.4 Å². The Kier molecular flexibility index (Phi) is 9.43. The minimum atomic E-state index is -0.823. The summed E-state index contributed by atoms with van der Waals surface area (Å²) in [6.07, 6.45) is 3.17. The maximum Gasteiger partial charge on any atom is 0.338 e. The number of methoxy groups -OCH3 is 2. The van der Waals surface area contributed by atoms with Crippen LogP contribution in [0.3, 0.4) is 0 Å². The maximum atomic E-state index is 14.6. The zero-order chi connectivity index (χ0) is 35.0. The first-order chi connectivity index (χ1) is 23.6. The number of aryl methyl sites for hydroxylation is 1. The van der Waals surface area contributed by atoms with Gasteiger partial charge in [-0.05, 0) is 86.4 Å². The van der Waals surface area contributed by atoms with Crippen LogP contribution in [0.5, 0.6) is 5.75 Å². The number of carbonyl (C=O) groups excluding carboxylic acids is 2. The van der Waals surface area contributed by atoms with Crippen molar-refractivity contribution in [1.82, 2.24) is 9.13 Å². The molecule has 3 heterocycles. The zero-order valence-corrected chi connectivity index (χ0v) is 29.6. The average Bonchev–Trinajstić information content (AvgIpc) is 3.56. The van der Waals surface area contributed by atoms with E-state index < -0.39 is 18.0 Å². The Balaban J connectivity index is 1.61. The molecule has 9 nitrogen and oxygen atoms in total. The smallest absolute Gasteiger partial charge is 0.338 e. The molecular weight excluding hydrogens is 639 g/mol. The van der Waals surface area contributed by atoms with Crippen LogP contribution in [0.1, 0.15) is 71.2 Å². The molecular formula is C39H39N3O6S. The van der Waals surface area contributed by atoms with E-state index in [0.29, 0.717) is 43.9 Å². The molecule has 1 aliphatic heterocycles. The van der Waals surface area contributed by atoms with E-state index in [1.54, 1.807) is 24.7 Å². The van der Waals surface area contributed by atoms with E-state index in [9.17, 15) is 14.4 Å². The van der Waals surface area contributed by atoms with Crippen LogP contribution in [0.2, 0.25) is 0 Å². The Morgan fingerprint density at radius 2 is 1.76 bits per heavy atom. The molecule has 1 atom stereocenters. The van der Waals surface area contributed by atoms with Gasteiger partial charge in [-0.15, -0.1) is 0 Å². The van der Waals surface area contributed by atoms with Crippen LogP contribution in [-0.4, -0.2) is 41.9 Å². The Hall–Kier alpha value is -5.22. The molecule has 0 fully saturated rings. The Morgan fingerprint density at radius 1 is 0.980 bits per heavy atom. The first-order valence-corrected chi connectivity index (χ1v) is 17.1. The molecule has 5 aromatic rings. The second-order valence-electron chi connectivity index (χ2n) is 11.9. The molecule has 2 aromatic heterocycles. The molecule has 49 heavy (non-hydrogen) atoms. The number of hydrogen-bond acceptors (Lipinski definition) is 8. The van der Waals surface area contributed by atoms with E-state index in [4.69, 9.17) is 19.2 Å². The molecule has 6 rings (SSSR count). The predicted octanol–water partition coefficient (Wildman–Crippen LogP) is 6.24. The van der Waals surface area contributed by atoms with Crippen LogP contribution in [0.4, 0.5) is 0 Å². The third kappa shape index (κ3) is 5.80. The van der Waals surface area contributed by atoms with Crippen LogP contribution in [0, 0.1) is 20.8 Å². The summed E-state index contributed by atoms with van der Waals surface area (Å²) in [6.45, 7) is 9.86. The highest BCUT2D eigenvalue weighted by Gasteiger charge is 2.37. The number of rotatable bonds is 9. The molecule has 252 valence electrons. The molecule has 0 amide bonds. The van der Waals surface area contributed by atoms with Gasteiger partial charge in [-0.2, -0.15) is 0 Å². The standard InChI is InChI=1S/C39H39N3O6S/c1-8-13-29-34(38(45)48-9-2)35(33-28-15-11-10-14-25(28)18-19-31(33)46-6)42-36(43)32(49-39(42)40-29)21-26-20-22(3)41(24(26)5)30-17-12-16-27(23(30)4)37(44)47-7/h10-12,14-21,35H,8-9,13H2,1-7H3/b32-21+/t35-/m0/s1. The minimum absolute atomic E-state index is 0.184. The summed E-state index contributed by atoms with van der Waals surface area (Å²) in [6, 6.07) is 18.5. The van der Waals surface area contributed by atoms with Crippen molar-refractivity contribution in [2.45, 2.75) is 53.5 Å². The monoisotopic (exact) mass is 677 g/mol. The highest BCUT2D eigenvalue weighted by Crippen LogP contribution is 2.41. The molecule has 0 spiro atoms. The minimum Gasteiger partial charge on any atom is -0.496 e. The van der Waals surface area contributed by atoms with Gasteiger partial charge in [-0.1, -0.05) is 61.1 Å². The van der Waals surface area contributed by atoms with E-state index in [-0.39, 0.29) is 12.2 Å². The number of fused-ring (bicyclic) bond motifs is 2. The van der Waals surface area contributed by atoms with E-state index in [0.717, 1.165) is 45.4 Å². The second-order valence-corrected chi connectivity index (χ2v) is 12.9. The summed E-state index contributed by atoms with van der Waals surface area (Å²) in [5.74, 6) is -0.340. The molecule has 10 heteroatoms. The van der Waals surface area contributed by atoms with Gasteiger partial charge in [-0.3, -0.25) is 9.36 Å². The fourth-order valence-corrected chi connectivity index (χ4v) is 7.78. The second kappa shape index (κ2) is 13.7. The Labute approximate surface area is 288 Å². The number of nitrogens with zero attached hydrogens (tertiary/aromatic N) is 3. The van der Waals surface area contributed by atoms with Crippen LogP contribution in [0.25, 0.3) is 22.5 Å². The number of benzene rings is 3. The number of ether oxygens (including phenoxy) is 3. The molecule has 0 saturated heterocycles. The third-order valence-electron chi connectivity index (χ3n) is 9.02. The number of carbonyl (C=O) groups is 2. The van der Waals surface area contributed by atoms with E-state index in [2.05, 4.69) is 4.57 Å². The number of hydrogen-bond donors (Lipinski definition) is 0. The molecule has 0 N–H and O–H groups in total. The number of esters is 2. The summed E-state index contributed by atoms with van der Waals surface area (Å²) in [5.41, 5.74) is 6.22. The van der Waals surface area contributed by atoms with Crippen molar-refractivity contribution in [2.24, 2.45) is 4.99 Å². The Bertz CT molecular complexity index is 2340. The van der Waals surface area contributed by atoms with Gasteiger partial charge >= 0.3 is 11.9 Å². The van der Waals surface area contributed by atoms with E-state index in [1.807, 2.05) is 88.4 Å². The SMILES string of the molecule is CCCC1=C(C(=O)OCC)[C@H](c2c(OC)ccc3ccccc23)n2c(s/c(=C/c3cc(C)n(-c4cccc(C(=O)OC)c4C)c3C)c2=O)=N1. The number of thiazole rings is 1. The Morgan fingerprint density at radius 3 is 2.47 bits per heavy atom. The van der Waals surface area contributed by atoms with Crippen molar-refractivity contribution in [1.29, 1.82) is 0 Å². The molecule has 3 aromatic carbocycles. The lowest BCUT2D eigenvalue weighted by atomic mass is 9.90. The van der Waals surface area contributed by atoms with Crippen molar-refractivity contribution in [2.75, 3.05) is 20.8 Å². The van der Waals surface area contributed by atoms with E-state index >= 15 is 0 Å². The lowest BCUT2D eigenvalue weighted by molar-refractivity contribution is -0.139. The maximum absolute atomic E-state index is 14.6. The fraction of sp³-hybridized carbons (Fsp3) is 0.282. The number of aromatic nitrogens is 2. The van der Waals surface area contributed by atoms with Crippen LogP contribution in [-0.2, 0) is 14.3 Å². The molecule has 0 saturated carbocycles. The molecule has 1 aliphatic rings. The fourth-order valence-electron chi connectivity index (χ4n) is 6.77. The van der Waals surface area contributed by atoms with Gasteiger partial charge in [0, 0.05) is 22.6 Å². The summed E-state index contributed by atoms with van der Waals surface area (Å²) in [7, 11) is 2.97. The quantitative estimate of drug-likeness (QED) is 0.171. The molecule has 0 aliphatic carbocycles. The molecule has 0 radical (unpaired) electrons. The first-order valence-electron chi connectivity index (χ1n) is 16.3. The van der Waals surface area contributed by atoms with E-state index in [1.165, 1.54) is 18.4 Å². The summed E-state index contributed by atoms with van der Waals surface area (Å²) >= 11 is 1.29. The van der Waals surface area contributed by atoms with Gasteiger partial charge in [0.25, 0.3) is 5.56 Å². The van der Waals surface area contributed by atoms with Crippen LogP contribution < -0.4 is 19.6 Å². The third-order valence-corrected chi connectivity index (χ3v) is 10.0. The van der Waals surface area contributed by atoms with Crippen molar-refractivity contribution in [3.63, 3.8) is 0 Å². The van der Waals surface area contributed by atoms with Gasteiger partial charge in [-0.25, -0.2) is 14.6 Å². The molecule has 0 unspecified atom stereocenters. The lowest BCUT2D eigenvalue weighted by Gasteiger charge is -2.28. The van der Waals surface area contributed by atoms with Gasteiger partial charge in [0.15, 0.2) is 4.80 Å². The van der Waals surface area contributed by atoms with Crippen molar-refractivity contribution >= 4 is 40.1 Å². The topological polar surface area (TPSA) is 101 Å². The first kappa shape index (κ1) is 33.7. The summed E-state index contributed by atoms with van der Waals surface area (Å²) < 4.78 is 20.7. The van der Waals surface area contributed by atoms with Gasteiger partial charge in [0.1, 0.15) is 11.8 Å². The lowest BCUT2D eigenvalue weighted by Crippen LogP contribution is -2.40. The van der Waals surface area contributed by atoms with Crippen LogP contribution >= 0.6 is 11.3 Å². The summed E-state index contributed by atoms with van der Waals surface area (Å²) in [5, 5.41) is 1.82. The highest BCUT2D eigenvalue weighted by molar-refractivity contribution is 7.07. The zero-order valence-electron chi connectivity index (χ0n) is 28.7. The molecule has 0 bridgehead atoms. The summed E-state index contributed by atoms with van der Waals surface area (Å²) in [4.78, 5) is 46.3. The average molecular weight is 678 g/mol.